The first kappa shape index (κ1) is 17.8. The predicted octanol–water partition coefficient (Wildman–Crippen LogP) is 6.52. The van der Waals surface area contributed by atoms with Crippen molar-refractivity contribution < 1.29 is 4.74 Å². The van der Waals surface area contributed by atoms with Crippen molar-refractivity contribution in [3.05, 3.63) is 99.0 Å². The van der Waals surface area contributed by atoms with E-state index < -0.39 is 5.72 Å². The first-order chi connectivity index (χ1) is 13.5. The van der Waals surface area contributed by atoms with Gasteiger partial charge in [-0.05, 0) is 35.9 Å². The van der Waals surface area contributed by atoms with Crippen LogP contribution in [0.1, 0.15) is 36.1 Å². The quantitative estimate of drug-likeness (QED) is 0.441. The smallest absolute Gasteiger partial charge is 0.221 e. The van der Waals surface area contributed by atoms with Gasteiger partial charge >= 0.3 is 0 Å². The number of rotatable bonds is 2. The van der Waals surface area contributed by atoms with Gasteiger partial charge in [-0.25, -0.2) is 5.01 Å². The first-order valence-electron chi connectivity index (χ1n) is 9.21. The van der Waals surface area contributed by atoms with Crippen LogP contribution in [0.2, 0.25) is 5.02 Å². The lowest BCUT2D eigenvalue weighted by Crippen LogP contribution is -2.48. The minimum atomic E-state index is -0.716. The van der Waals surface area contributed by atoms with Crippen LogP contribution in [0.25, 0.3) is 0 Å². The average Bonchev–Trinajstić information content (AvgIpc) is 3.17. The van der Waals surface area contributed by atoms with Crippen molar-refractivity contribution in [2.45, 2.75) is 25.1 Å². The molecule has 0 aromatic heterocycles. The van der Waals surface area contributed by atoms with Gasteiger partial charge in [-0.3, -0.25) is 0 Å². The highest BCUT2D eigenvalue weighted by molar-refractivity contribution is 9.10. The van der Waals surface area contributed by atoms with Crippen molar-refractivity contribution in [1.29, 1.82) is 0 Å². The molecular weight excluding hydrogens is 436 g/mol. The summed E-state index contributed by atoms with van der Waals surface area (Å²) in [5.74, 6) is 0.895. The molecular formula is C23H18BrClN2O. The maximum atomic E-state index is 6.55. The molecule has 2 heterocycles. The summed E-state index contributed by atoms with van der Waals surface area (Å²) in [5.41, 5.74) is 3.67. The van der Waals surface area contributed by atoms with E-state index in [4.69, 9.17) is 21.4 Å². The summed E-state index contributed by atoms with van der Waals surface area (Å²) in [5, 5.41) is 7.85. The van der Waals surface area contributed by atoms with Gasteiger partial charge in [0.05, 0.1) is 11.8 Å². The minimum Gasteiger partial charge on any atom is -0.462 e. The van der Waals surface area contributed by atoms with E-state index >= 15 is 0 Å². The second kappa shape index (κ2) is 6.64. The van der Waals surface area contributed by atoms with Crippen LogP contribution < -0.4 is 4.74 Å². The summed E-state index contributed by atoms with van der Waals surface area (Å²) in [7, 11) is 0. The van der Waals surface area contributed by atoms with E-state index in [2.05, 4.69) is 58.2 Å². The lowest BCUT2D eigenvalue weighted by molar-refractivity contribution is -0.112. The number of nitrogens with zero attached hydrogens (tertiary/aromatic N) is 2. The summed E-state index contributed by atoms with van der Waals surface area (Å²) in [6.07, 6.45) is 0.833. The third-order valence-electron chi connectivity index (χ3n) is 5.47. The lowest BCUT2D eigenvalue weighted by Gasteiger charge is -2.46. The van der Waals surface area contributed by atoms with Crippen molar-refractivity contribution >= 4 is 33.2 Å². The molecule has 0 fully saturated rings. The Kier molecular flexibility index (Phi) is 4.22. The van der Waals surface area contributed by atoms with E-state index in [1.54, 1.807) is 0 Å². The number of ether oxygens (including phenoxy) is 1. The summed E-state index contributed by atoms with van der Waals surface area (Å²) >= 11 is 9.72. The molecule has 2 atom stereocenters. The molecule has 2 aliphatic rings. The topological polar surface area (TPSA) is 24.8 Å². The molecule has 0 bridgehead atoms. The highest BCUT2D eigenvalue weighted by atomic mass is 79.9. The second-order valence-electron chi connectivity index (χ2n) is 7.25. The van der Waals surface area contributed by atoms with Gasteiger partial charge < -0.3 is 4.74 Å². The first-order valence-corrected chi connectivity index (χ1v) is 10.4. The molecule has 3 aromatic carbocycles. The molecule has 140 valence electrons. The Balaban J connectivity index is 1.66. The van der Waals surface area contributed by atoms with Gasteiger partial charge in [-0.1, -0.05) is 70.0 Å². The van der Waals surface area contributed by atoms with Crippen molar-refractivity contribution in [3.63, 3.8) is 0 Å². The molecule has 5 heteroatoms. The second-order valence-corrected chi connectivity index (χ2v) is 8.60. The molecule has 0 N–H and O–H groups in total. The zero-order chi connectivity index (χ0) is 19.3. The monoisotopic (exact) mass is 452 g/mol. The summed E-state index contributed by atoms with van der Waals surface area (Å²) in [4.78, 5) is 0. The Morgan fingerprint density at radius 3 is 2.57 bits per heavy atom. The van der Waals surface area contributed by atoms with Gasteiger partial charge in [0.15, 0.2) is 0 Å². The third-order valence-corrected chi connectivity index (χ3v) is 6.22. The Morgan fingerprint density at radius 1 is 1.07 bits per heavy atom. The van der Waals surface area contributed by atoms with Gasteiger partial charge in [0.2, 0.25) is 5.72 Å². The maximum absolute atomic E-state index is 6.55. The van der Waals surface area contributed by atoms with E-state index in [9.17, 15) is 0 Å². The van der Waals surface area contributed by atoms with Crippen LogP contribution in [0, 0.1) is 0 Å². The molecule has 0 saturated carbocycles. The van der Waals surface area contributed by atoms with E-state index in [1.165, 1.54) is 0 Å². The van der Waals surface area contributed by atoms with Gasteiger partial charge in [0.1, 0.15) is 5.75 Å². The lowest BCUT2D eigenvalue weighted by atomic mass is 9.92. The average molecular weight is 454 g/mol. The van der Waals surface area contributed by atoms with E-state index in [0.29, 0.717) is 5.02 Å². The minimum absolute atomic E-state index is 0.108. The van der Waals surface area contributed by atoms with Crippen molar-refractivity contribution in [2.24, 2.45) is 5.10 Å². The summed E-state index contributed by atoms with van der Waals surface area (Å²) in [6, 6.07) is 24.5. The van der Waals surface area contributed by atoms with Crippen LogP contribution in [-0.2, 0) is 5.72 Å². The predicted molar refractivity (Wildman–Crippen MR) is 116 cm³/mol. The molecule has 3 nitrogen and oxygen atoms in total. The SMILES string of the molecule is CC1(c2ccc(Cl)cc2)Oc2ccc(Br)cc2C2CC(c3ccccc3)=NN21. The van der Waals surface area contributed by atoms with Crippen molar-refractivity contribution in [1.82, 2.24) is 5.01 Å². The molecule has 5 rings (SSSR count). The Hall–Kier alpha value is -2.30. The third kappa shape index (κ3) is 2.83. The Labute approximate surface area is 177 Å². The summed E-state index contributed by atoms with van der Waals surface area (Å²) in [6.45, 7) is 2.08. The fourth-order valence-electron chi connectivity index (χ4n) is 4.03. The number of hydrazone groups is 1. The maximum Gasteiger partial charge on any atom is 0.221 e. The van der Waals surface area contributed by atoms with Crippen LogP contribution >= 0.6 is 27.5 Å². The van der Waals surface area contributed by atoms with Crippen molar-refractivity contribution in [3.8, 4) is 5.75 Å². The number of fused-ring (bicyclic) bond motifs is 3. The van der Waals surface area contributed by atoms with Gasteiger partial charge in [0.25, 0.3) is 0 Å². The molecule has 2 aliphatic heterocycles. The van der Waals surface area contributed by atoms with E-state index in [-0.39, 0.29) is 6.04 Å². The number of hydrogen-bond donors (Lipinski definition) is 0. The van der Waals surface area contributed by atoms with Gasteiger partial charge in [-0.15, -0.1) is 0 Å². The molecule has 28 heavy (non-hydrogen) atoms. The molecule has 0 aliphatic carbocycles. The van der Waals surface area contributed by atoms with Crippen LogP contribution in [0.5, 0.6) is 5.75 Å². The van der Waals surface area contributed by atoms with Crippen molar-refractivity contribution in [2.75, 3.05) is 0 Å². The zero-order valence-electron chi connectivity index (χ0n) is 15.3. The molecule has 0 radical (unpaired) electrons. The molecule has 0 spiro atoms. The molecule has 0 saturated heterocycles. The van der Waals surface area contributed by atoms with Crippen LogP contribution in [-0.4, -0.2) is 10.7 Å². The van der Waals surface area contributed by atoms with Crippen LogP contribution in [0.15, 0.2) is 82.4 Å². The van der Waals surface area contributed by atoms with Gasteiger partial charge in [0, 0.05) is 34.0 Å². The fraction of sp³-hybridized carbons (Fsp3) is 0.174. The molecule has 3 aromatic rings. The standard InChI is InChI=1S/C23H18BrClN2O/c1-23(16-7-10-18(25)11-8-16)27-21(19-13-17(24)9-12-22(19)28-23)14-20(26-27)15-5-3-2-4-6-15/h2-13,21H,14H2,1H3. The number of benzene rings is 3. The van der Waals surface area contributed by atoms with E-state index in [1.807, 2.05) is 42.5 Å². The zero-order valence-corrected chi connectivity index (χ0v) is 17.6. The normalized spacial score (nSPS) is 22.9. The summed E-state index contributed by atoms with van der Waals surface area (Å²) < 4.78 is 7.59. The highest BCUT2D eigenvalue weighted by Crippen LogP contribution is 2.50. The Morgan fingerprint density at radius 2 is 1.82 bits per heavy atom. The number of hydrogen-bond acceptors (Lipinski definition) is 3. The molecule has 2 unspecified atom stereocenters. The van der Waals surface area contributed by atoms with Crippen LogP contribution in [0.3, 0.4) is 0 Å². The van der Waals surface area contributed by atoms with Crippen LogP contribution in [0.4, 0.5) is 0 Å². The Bertz CT molecular complexity index is 1070. The van der Waals surface area contributed by atoms with Gasteiger partial charge in [-0.2, -0.15) is 5.10 Å². The fourth-order valence-corrected chi connectivity index (χ4v) is 4.54. The largest absolute Gasteiger partial charge is 0.462 e. The van der Waals surface area contributed by atoms with E-state index in [0.717, 1.165) is 39.0 Å². The highest BCUT2D eigenvalue weighted by Gasteiger charge is 2.48. The number of halogens is 2. The molecule has 0 amide bonds.